The summed E-state index contributed by atoms with van der Waals surface area (Å²) in [5.74, 6) is -0.650. The molecule has 1 aromatic heterocycles. The number of ether oxygens (including phenoxy) is 3. The maximum Gasteiger partial charge on any atom is 0.341 e. The molecule has 1 amide bonds. The molecule has 1 unspecified atom stereocenters. The van der Waals surface area contributed by atoms with Crippen LogP contribution in [0.2, 0.25) is 10.0 Å². The summed E-state index contributed by atoms with van der Waals surface area (Å²) < 4.78 is 16.5. The van der Waals surface area contributed by atoms with Crippen LogP contribution in [0.4, 0.5) is 0 Å². The molecule has 0 aliphatic carbocycles. The van der Waals surface area contributed by atoms with Crippen molar-refractivity contribution < 1.29 is 23.8 Å². The smallest absolute Gasteiger partial charge is 0.341 e. The second kappa shape index (κ2) is 11.0. The molecular formula is C25H19Cl2N3O5. The van der Waals surface area contributed by atoms with Gasteiger partial charge >= 0.3 is 5.97 Å². The van der Waals surface area contributed by atoms with Gasteiger partial charge in [0.2, 0.25) is 12.1 Å². The molecule has 0 fully saturated rings. The van der Waals surface area contributed by atoms with E-state index >= 15 is 0 Å². The lowest BCUT2D eigenvalue weighted by Gasteiger charge is -2.21. The molecule has 35 heavy (non-hydrogen) atoms. The maximum atomic E-state index is 12.9. The van der Waals surface area contributed by atoms with Gasteiger partial charge in [0.05, 0.1) is 34.9 Å². The number of rotatable bonds is 8. The lowest BCUT2D eigenvalue weighted by molar-refractivity contribution is 0.0575. The highest BCUT2D eigenvalue weighted by Gasteiger charge is 2.21. The summed E-state index contributed by atoms with van der Waals surface area (Å²) in [5.41, 5.74) is 1.74. The Morgan fingerprint density at radius 1 is 0.971 bits per heavy atom. The predicted molar refractivity (Wildman–Crippen MR) is 131 cm³/mol. The van der Waals surface area contributed by atoms with Crippen molar-refractivity contribution in [1.29, 1.82) is 0 Å². The highest BCUT2D eigenvalue weighted by Crippen LogP contribution is 2.22. The van der Waals surface area contributed by atoms with Crippen molar-refractivity contribution >= 4 is 46.1 Å². The van der Waals surface area contributed by atoms with Crippen LogP contribution in [0.1, 0.15) is 20.7 Å². The highest BCUT2D eigenvalue weighted by atomic mass is 35.5. The Kier molecular flexibility index (Phi) is 7.64. The third-order valence-corrected chi connectivity index (χ3v) is 5.39. The zero-order valence-electron chi connectivity index (χ0n) is 18.4. The van der Waals surface area contributed by atoms with Crippen LogP contribution < -0.4 is 14.8 Å². The summed E-state index contributed by atoms with van der Waals surface area (Å²) in [6.07, 6.45) is 0.425. The number of methoxy groups -OCH3 is 1. The van der Waals surface area contributed by atoms with Crippen molar-refractivity contribution in [1.82, 2.24) is 15.3 Å². The van der Waals surface area contributed by atoms with Gasteiger partial charge in [0.25, 0.3) is 5.91 Å². The SMILES string of the molecule is COC(=O)c1ccccc1OCC(NC(=O)c1ccc(Cl)cc1Cl)Oc1cnc2ccccc2n1. The molecule has 0 aliphatic heterocycles. The van der Waals surface area contributed by atoms with Crippen molar-refractivity contribution in [2.45, 2.75) is 6.23 Å². The quantitative estimate of drug-likeness (QED) is 0.264. The number of esters is 1. The normalized spacial score (nSPS) is 11.5. The Bertz CT molecular complexity index is 1380. The van der Waals surface area contributed by atoms with Crippen LogP contribution in [0.25, 0.3) is 11.0 Å². The van der Waals surface area contributed by atoms with Crippen LogP contribution in [-0.2, 0) is 4.74 Å². The Labute approximate surface area is 210 Å². The van der Waals surface area contributed by atoms with E-state index in [1.54, 1.807) is 36.4 Å². The van der Waals surface area contributed by atoms with Crippen molar-refractivity contribution in [2.75, 3.05) is 13.7 Å². The molecule has 0 bridgehead atoms. The number of nitrogens with one attached hydrogen (secondary N) is 1. The maximum absolute atomic E-state index is 12.9. The lowest BCUT2D eigenvalue weighted by atomic mass is 10.2. The van der Waals surface area contributed by atoms with Crippen molar-refractivity contribution in [3.63, 3.8) is 0 Å². The van der Waals surface area contributed by atoms with Crippen molar-refractivity contribution in [3.8, 4) is 11.6 Å². The fraction of sp³-hybridized carbons (Fsp3) is 0.120. The minimum atomic E-state index is -1.02. The average Bonchev–Trinajstić information content (AvgIpc) is 2.86. The number of para-hydroxylation sites is 3. The topological polar surface area (TPSA) is 99.6 Å². The van der Waals surface area contributed by atoms with E-state index in [0.29, 0.717) is 16.1 Å². The highest BCUT2D eigenvalue weighted by molar-refractivity contribution is 6.36. The van der Waals surface area contributed by atoms with E-state index < -0.39 is 18.1 Å². The third kappa shape index (κ3) is 5.98. The number of carbonyl (C=O) groups excluding carboxylic acids is 2. The van der Waals surface area contributed by atoms with Crippen LogP contribution in [0.15, 0.2) is 72.9 Å². The van der Waals surface area contributed by atoms with Gasteiger partial charge in [-0.3, -0.25) is 4.79 Å². The van der Waals surface area contributed by atoms with E-state index in [1.165, 1.54) is 25.4 Å². The standard InChI is InChI=1S/C25H19Cl2N3O5/c1-33-25(32)17-6-2-5-9-21(17)34-14-23(30-24(31)16-11-10-15(26)12-18(16)27)35-22-13-28-19-7-3-4-8-20(19)29-22/h2-13,23H,14H2,1H3,(H,30,31). The third-order valence-electron chi connectivity index (χ3n) is 4.84. The van der Waals surface area contributed by atoms with Crippen LogP contribution >= 0.6 is 23.2 Å². The number of fused-ring (bicyclic) bond motifs is 1. The summed E-state index contributed by atoms with van der Waals surface area (Å²) >= 11 is 12.1. The second-order valence-electron chi connectivity index (χ2n) is 7.20. The summed E-state index contributed by atoms with van der Waals surface area (Å²) in [5, 5.41) is 3.30. The first-order valence-electron chi connectivity index (χ1n) is 10.4. The Balaban J connectivity index is 1.58. The monoisotopic (exact) mass is 511 g/mol. The minimum Gasteiger partial charge on any atom is -0.487 e. The van der Waals surface area contributed by atoms with E-state index in [2.05, 4.69) is 15.3 Å². The number of aromatic nitrogens is 2. The van der Waals surface area contributed by atoms with E-state index in [9.17, 15) is 9.59 Å². The first-order valence-corrected chi connectivity index (χ1v) is 11.1. The molecule has 1 atom stereocenters. The van der Waals surface area contributed by atoms with E-state index in [-0.39, 0.29) is 34.4 Å². The van der Waals surface area contributed by atoms with E-state index in [4.69, 9.17) is 37.4 Å². The molecule has 4 aromatic rings. The molecule has 1 heterocycles. The fourth-order valence-electron chi connectivity index (χ4n) is 3.18. The molecule has 0 aliphatic rings. The summed E-state index contributed by atoms with van der Waals surface area (Å²) in [7, 11) is 1.28. The van der Waals surface area contributed by atoms with Gasteiger partial charge in [-0.1, -0.05) is 47.5 Å². The Hall–Kier alpha value is -3.88. The fourth-order valence-corrected chi connectivity index (χ4v) is 3.68. The number of nitrogens with zero attached hydrogens (tertiary/aromatic N) is 2. The van der Waals surface area contributed by atoms with Gasteiger partial charge in [0.15, 0.2) is 0 Å². The first kappa shape index (κ1) is 24.3. The Morgan fingerprint density at radius 2 is 1.71 bits per heavy atom. The number of hydrogen-bond acceptors (Lipinski definition) is 7. The van der Waals surface area contributed by atoms with E-state index in [0.717, 1.165) is 0 Å². The number of halogens is 2. The van der Waals surface area contributed by atoms with Gasteiger partial charge in [-0.2, -0.15) is 0 Å². The first-order chi connectivity index (χ1) is 16.9. The number of hydrogen-bond donors (Lipinski definition) is 1. The van der Waals surface area contributed by atoms with Crippen LogP contribution in [-0.4, -0.2) is 41.8 Å². The molecular weight excluding hydrogens is 493 g/mol. The molecule has 0 spiro atoms. The minimum absolute atomic E-state index is 0.167. The lowest BCUT2D eigenvalue weighted by Crippen LogP contribution is -2.43. The van der Waals surface area contributed by atoms with Crippen LogP contribution in [0, 0.1) is 0 Å². The van der Waals surface area contributed by atoms with Crippen LogP contribution in [0.3, 0.4) is 0 Å². The number of amides is 1. The van der Waals surface area contributed by atoms with E-state index in [1.807, 2.05) is 18.2 Å². The molecule has 0 saturated carbocycles. The second-order valence-corrected chi connectivity index (χ2v) is 8.04. The van der Waals surface area contributed by atoms with Gasteiger partial charge in [-0.25, -0.2) is 14.8 Å². The average molecular weight is 512 g/mol. The molecule has 8 nitrogen and oxygen atoms in total. The molecule has 178 valence electrons. The predicted octanol–water partition coefficient (Wildman–Crippen LogP) is 4.94. The van der Waals surface area contributed by atoms with Gasteiger partial charge in [0, 0.05) is 5.02 Å². The molecule has 10 heteroatoms. The molecule has 1 N–H and O–H groups in total. The van der Waals surface area contributed by atoms with Gasteiger partial charge in [-0.15, -0.1) is 0 Å². The van der Waals surface area contributed by atoms with Crippen molar-refractivity contribution in [2.24, 2.45) is 0 Å². The largest absolute Gasteiger partial charge is 0.487 e. The summed E-state index contributed by atoms with van der Waals surface area (Å²) in [6, 6.07) is 18.4. The van der Waals surface area contributed by atoms with Gasteiger partial charge in [0.1, 0.15) is 17.9 Å². The zero-order valence-corrected chi connectivity index (χ0v) is 19.9. The molecule has 0 saturated heterocycles. The Morgan fingerprint density at radius 3 is 2.49 bits per heavy atom. The van der Waals surface area contributed by atoms with Gasteiger partial charge < -0.3 is 19.5 Å². The number of benzene rings is 3. The molecule has 4 rings (SSSR count). The zero-order chi connectivity index (χ0) is 24.8. The summed E-state index contributed by atoms with van der Waals surface area (Å²) in [4.78, 5) is 33.8. The van der Waals surface area contributed by atoms with Crippen molar-refractivity contribution in [3.05, 3.63) is 94.1 Å². The molecule has 3 aromatic carbocycles. The van der Waals surface area contributed by atoms with Gasteiger partial charge in [-0.05, 0) is 42.5 Å². The number of carbonyl (C=O) groups is 2. The summed E-state index contributed by atoms with van der Waals surface area (Å²) in [6.45, 7) is -0.167. The molecule has 0 radical (unpaired) electrons. The van der Waals surface area contributed by atoms with Crippen LogP contribution in [0.5, 0.6) is 11.6 Å².